The zero-order valence-corrected chi connectivity index (χ0v) is 19.6. The van der Waals surface area contributed by atoms with Crippen LogP contribution in [-0.2, 0) is 47.6 Å². The normalized spacial score (nSPS) is 26.4. The molecule has 1 rings (SSSR count). The van der Waals surface area contributed by atoms with Crippen LogP contribution in [0.4, 0.5) is 0 Å². The molecule has 0 saturated carbocycles. The Balaban J connectivity index is 3.22. The van der Waals surface area contributed by atoms with Crippen LogP contribution < -0.4 is 0 Å². The van der Waals surface area contributed by atoms with E-state index in [4.69, 9.17) is 28.4 Å². The number of carbonyl (C=O) groups is 4. The first kappa shape index (κ1) is 26.1. The van der Waals surface area contributed by atoms with Crippen molar-refractivity contribution in [1.82, 2.24) is 0 Å². The lowest BCUT2D eigenvalue weighted by molar-refractivity contribution is -0.307. The van der Waals surface area contributed by atoms with E-state index in [1.165, 1.54) is 27.7 Å². The number of ether oxygens (including phenoxy) is 6. The van der Waals surface area contributed by atoms with Crippen LogP contribution in [0.15, 0.2) is 0 Å². The molecular formula is C19H32O10Si. The molecule has 1 fully saturated rings. The molecule has 30 heavy (non-hydrogen) atoms. The van der Waals surface area contributed by atoms with Crippen LogP contribution in [0.5, 0.6) is 0 Å². The van der Waals surface area contributed by atoms with Crippen molar-refractivity contribution in [2.45, 2.75) is 84.1 Å². The highest BCUT2D eigenvalue weighted by molar-refractivity contribution is 6.76. The van der Waals surface area contributed by atoms with Crippen LogP contribution in [0.1, 0.15) is 27.7 Å². The van der Waals surface area contributed by atoms with Gasteiger partial charge in [0, 0.05) is 42.4 Å². The maximum absolute atomic E-state index is 11.7. The summed E-state index contributed by atoms with van der Waals surface area (Å²) < 4.78 is 32.7. The maximum atomic E-state index is 11.7. The summed E-state index contributed by atoms with van der Waals surface area (Å²) in [6.07, 6.45) is -5.66. The highest BCUT2D eigenvalue weighted by atomic mass is 28.3. The second-order valence-corrected chi connectivity index (χ2v) is 13.9. The first-order chi connectivity index (χ1) is 13.8. The van der Waals surface area contributed by atoms with E-state index < -0.39 is 62.7 Å². The predicted molar refractivity (Wildman–Crippen MR) is 106 cm³/mol. The fraction of sp³-hybridized carbons (Fsp3) is 0.789. The Morgan fingerprint density at radius 2 is 1.27 bits per heavy atom. The first-order valence-electron chi connectivity index (χ1n) is 9.72. The molecule has 0 aliphatic carbocycles. The Kier molecular flexibility index (Phi) is 9.92. The maximum Gasteiger partial charge on any atom is 0.303 e. The molecular weight excluding hydrogens is 416 g/mol. The van der Waals surface area contributed by atoms with Crippen molar-refractivity contribution in [2.75, 3.05) is 13.2 Å². The summed E-state index contributed by atoms with van der Waals surface area (Å²) in [7, 11) is -1.43. The molecule has 0 N–H and O–H groups in total. The van der Waals surface area contributed by atoms with Crippen molar-refractivity contribution in [3.05, 3.63) is 0 Å². The molecule has 1 aliphatic heterocycles. The molecule has 5 atom stereocenters. The Hall–Kier alpha value is -1.98. The van der Waals surface area contributed by atoms with Gasteiger partial charge in [-0.25, -0.2) is 0 Å². The van der Waals surface area contributed by atoms with Crippen LogP contribution in [-0.4, -0.2) is 75.9 Å². The number of hydrogen-bond acceptors (Lipinski definition) is 10. The lowest BCUT2D eigenvalue weighted by atomic mass is 9.98. The SMILES string of the molecule is CC(=O)OCC1O[C@@H](OCC[Si](C)(C)C)C(OC(C)=O)[C@@H](OC(C)=O)[C@H]1OC(C)=O. The third-order valence-corrected chi connectivity index (χ3v) is 5.79. The number of hydrogen-bond donors (Lipinski definition) is 0. The lowest BCUT2D eigenvalue weighted by Gasteiger charge is -2.44. The fourth-order valence-corrected chi connectivity index (χ4v) is 3.53. The van der Waals surface area contributed by atoms with Crippen LogP contribution in [0.25, 0.3) is 0 Å². The Bertz CT molecular complexity index is 629. The first-order valence-corrected chi connectivity index (χ1v) is 13.4. The minimum Gasteiger partial charge on any atom is -0.463 e. The molecule has 10 nitrogen and oxygen atoms in total. The van der Waals surface area contributed by atoms with Crippen LogP contribution in [0, 0.1) is 0 Å². The predicted octanol–water partition coefficient (Wildman–Crippen LogP) is 1.42. The standard InChI is InChI=1S/C19H32O10Si/c1-11(20)25-10-15-16(26-12(2)21)17(27-13(3)22)18(28-14(4)23)19(29-15)24-8-9-30(5,6)7/h15-19H,8-10H2,1-7H3/t15?,16-,17-,18?,19+/m0/s1. The topological polar surface area (TPSA) is 124 Å². The average Bonchev–Trinajstić information content (AvgIpc) is 2.55. The monoisotopic (exact) mass is 448 g/mol. The summed E-state index contributed by atoms with van der Waals surface area (Å²) in [6.45, 7) is 11.3. The summed E-state index contributed by atoms with van der Waals surface area (Å²) in [5, 5.41) is 0. The van der Waals surface area contributed by atoms with Crippen molar-refractivity contribution in [3.8, 4) is 0 Å². The molecule has 0 radical (unpaired) electrons. The smallest absolute Gasteiger partial charge is 0.303 e. The van der Waals surface area contributed by atoms with Gasteiger partial charge in [-0.3, -0.25) is 19.2 Å². The lowest BCUT2D eigenvalue weighted by Crippen LogP contribution is -2.63. The van der Waals surface area contributed by atoms with Crippen LogP contribution in [0.3, 0.4) is 0 Å². The van der Waals surface area contributed by atoms with Gasteiger partial charge < -0.3 is 28.4 Å². The molecule has 0 aromatic rings. The van der Waals surface area contributed by atoms with Gasteiger partial charge in [0.05, 0.1) is 0 Å². The molecule has 0 amide bonds. The quantitative estimate of drug-likeness (QED) is 0.290. The third-order valence-electron chi connectivity index (χ3n) is 4.08. The largest absolute Gasteiger partial charge is 0.463 e. The Labute approximate surface area is 177 Å². The van der Waals surface area contributed by atoms with Crippen molar-refractivity contribution in [2.24, 2.45) is 0 Å². The molecule has 1 heterocycles. The van der Waals surface area contributed by atoms with Gasteiger partial charge in [0.25, 0.3) is 0 Å². The molecule has 2 unspecified atom stereocenters. The summed E-state index contributed by atoms with van der Waals surface area (Å²) in [4.78, 5) is 46.4. The van der Waals surface area contributed by atoms with Crippen LogP contribution >= 0.6 is 0 Å². The van der Waals surface area contributed by atoms with Gasteiger partial charge in [-0.2, -0.15) is 0 Å². The fourth-order valence-electron chi connectivity index (χ4n) is 2.80. The summed E-state index contributed by atoms with van der Waals surface area (Å²) in [5.74, 6) is -2.57. The molecule has 172 valence electrons. The van der Waals surface area contributed by atoms with Crippen molar-refractivity contribution in [3.63, 3.8) is 0 Å². The van der Waals surface area contributed by atoms with Gasteiger partial charge in [-0.05, 0) is 6.04 Å². The number of rotatable bonds is 9. The molecule has 0 bridgehead atoms. The summed E-state index contributed by atoms with van der Waals surface area (Å²) in [5.41, 5.74) is 0. The highest BCUT2D eigenvalue weighted by Gasteiger charge is 2.52. The Morgan fingerprint density at radius 3 is 1.73 bits per heavy atom. The minimum atomic E-state index is -1.43. The zero-order chi connectivity index (χ0) is 23.1. The van der Waals surface area contributed by atoms with Crippen molar-refractivity contribution < 1.29 is 47.6 Å². The molecule has 11 heteroatoms. The molecule has 0 aromatic heterocycles. The van der Waals surface area contributed by atoms with E-state index >= 15 is 0 Å². The van der Waals surface area contributed by atoms with E-state index in [9.17, 15) is 19.2 Å². The number of carbonyl (C=O) groups excluding carboxylic acids is 4. The highest BCUT2D eigenvalue weighted by Crippen LogP contribution is 2.30. The van der Waals surface area contributed by atoms with Gasteiger partial charge in [0.1, 0.15) is 12.7 Å². The Morgan fingerprint density at radius 1 is 0.767 bits per heavy atom. The molecule has 0 spiro atoms. The van der Waals surface area contributed by atoms with E-state index in [0.717, 1.165) is 6.04 Å². The molecule has 1 aliphatic rings. The number of esters is 4. The second-order valence-electron chi connectivity index (χ2n) is 8.25. The van der Waals surface area contributed by atoms with E-state index in [1.807, 2.05) is 0 Å². The van der Waals surface area contributed by atoms with E-state index in [0.29, 0.717) is 6.61 Å². The van der Waals surface area contributed by atoms with Gasteiger partial charge in [0.15, 0.2) is 24.6 Å². The van der Waals surface area contributed by atoms with E-state index in [-0.39, 0.29) is 6.61 Å². The minimum absolute atomic E-state index is 0.272. The van der Waals surface area contributed by atoms with E-state index in [2.05, 4.69) is 19.6 Å². The van der Waals surface area contributed by atoms with Gasteiger partial charge in [-0.15, -0.1) is 0 Å². The van der Waals surface area contributed by atoms with Gasteiger partial charge in [-0.1, -0.05) is 19.6 Å². The van der Waals surface area contributed by atoms with E-state index in [1.54, 1.807) is 0 Å². The van der Waals surface area contributed by atoms with Crippen molar-refractivity contribution >= 4 is 32.0 Å². The van der Waals surface area contributed by atoms with Crippen LogP contribution in [0.2, 0.25) is 25.7 Å². The molecule has 0 aromatic carbocycles. The summed E-state index contributed by atoms with van der Waals surface area (Å²) in [6, 6.07) is 0.805. The average molecular weight is 449 g/mol. The van der Waals surface area contributed by atoms with Gasteiger partial charge in [0.2, 0.25) is 0 Å². The summed E-state index contributed by atoms with van der Waals surface area (Å²) >= 11 is 0. The molecule has 1 saturated heterocycles. The third kappa shape index (κ3) is 9.22. The zero-order valence-electron chi connectivity index (χ0n) is 18.6. The van der Waals surface area contributed by atoms with Crippen molar-refractivity contribution in [1.29, 1.82) is 0 Å². The van der Waals surface area contributed by atoms with Gasteiger partial charge >= 0.3 is 23.9 Å². The second kappa shape index (κ2) is 11.4.